The molecule has 14 heavy (non-hydrogen) atoms. The summed E-state index contributed by atoms with van der Waals surface area (Å²) in [4.78, 5) is 2.32. The van der Waals surface area contributed by atoms with Gasteiger partial charge < -0.3 is 10.0 Å². The molecule has 1 heterocycles. The second-order valence-corrected chi connectivity index (χ2v) is 3.84. The van der Waals surface area contributed by atoms with E-state index < -0.39 is 0 Å². The van der Waals surface area contributed by atoms with Crippen molar-refractivity contribution in [3.05, 3.63) is 35.9 Å². The SMILES string of the molecule is OCCN1CCC(c2cc[c]cc2)C1. The Hall–Kier alpha value is -0.860. The van der Waals surface area contributed by atoms with Gasteiger partial charge in [0.1, 0.15) is 0 Å². The highest BCUT2D eigenvalue weighted by atomic mass is 16.3. The van der Waals surface area contributed by atoms with E-state index in [0.717, 1.165) is 19.6 Å². The highest BCUT2D eigenvalue weighted by Crippen LogP contribution is 2.26. The summed E-state index contributed by atoms with van der Waals surface area (Å²) in [6, 6.07) is 11.3. The molecule has 0 saturated carbocycles. The Bertz CT molecular complexity index is 273. The summed E-state index contributed by atoms with van der Waals surface area (Å²) in [6.07, 6.45) is 1.21. The summed E-state index contributed by atoms with van der Waals surface area (Å²) in [5.41, 5.74) is 1.41. The first-order chi connectivity index (χ1) is 6.90. The molecule has 2 heteroatoms. The Morgan fingerprint density at radius 1 is 1.43 bits per heavy atom. The topological polar surface area (TPSA) is 23.5 Å². The van der Waals surface area contributed by atoms with Crippen molar-refractivity contribution in [1.29, 1.82) is 0 Å². The number of rotatable bonds is 3. The molecular formula is C12H16NO. The third-order valence-electron chi connectivity index (χ3n) is 2.90. The molecule has 1 aliphatic rings. The normalized spacial score (nSPS) is 22.8. The van der Waals surface area contributed by atoms with Gasteiger partial charge in [0.05, 0.1) is 6.61 Å². The van der Waals surface area contributed by atoms with Crippen LogP contribution >= 0.6 is 0 Å². The maximum atomic E-state index is 8.84. The Morgan fingerprint density at radius 3 is 2.93 bits per heavy atom. The third-order valence-corrected chi connectivity index (χ3v) is 2.90. The van der Waals surface area contributed by atoms with Crippen molar-refractivity contribution in [3.8, 4) is 0 Å². The molecule has 0 aromatic heterocycles. The zero-order valence-electron chi connectivity index (χ0n) is 8.32. The quantitative estimate of drug-likeness (QED) is 0.776. The molecule has 1 fully saturated rings. The van der Waals surface area contributed by atoms with E-state index in [0.29, 0.717) is 5.92 Å². The number of hydrogen-bond acceptors (Lipinski definition) is 2. The zero-order chi connectivity index (χ0) is 9.80. The van der Waals surface area contributed by atoms with Gasteiger partial charge in [0.2, 0.25) is 0 Å². The second-order valence-electron chi connectivity index (χ2n) is 3.84. The highest BCUT2D eigenvalue weighted by molar-refractivity contribution is 5.20. The average molecular weight is 190 g/mol. The lowest BCUT2D eigenvalue weighted by Crippen LogP contribution is -2.23. The lowest BCUT2D eigenvalue weighted by Gasteiger charge is -2.14. The standard InChI is InChI=1S/C12H16NO/c14-9-8-13-7-6-12(10-13)11-4-2-1-3-5-11/h2-5,12,14H,6-10H2. The molecule has 0 amide bonds. The van der Waals surface area contributed by atoms with Crippen molar-refractivity contribution in [2.45, 2.75) is 12.3 Å². The Balaban J connectivity index is 1.96. The van der Waals surface area contributed by atoms with Crippen molar-refractivity contribution in [2.75, 3.05) is 26.2 Å². The van der Waals surface area contributed by atoms with Crippen molar-refractivity contribution in [3.63, 3.8) is 0 Å². The number of benzene rings is 1. The van der Waals surface area contributed by atoms with Crippen LogP contribution in [0.25, 0.3) is 0 Å². The van der Waals surface area contributed by atoms with Gasteiger partial charge in [-0.15, -0.1) is 0 Å². The minimum atomic E-state index is 0.273. The van der Waals surface area contributed by atoms with Gasteiger partial charge in [-0.3, -0.25) is 0 Å². The predicted molar refractivity (Wildman–Crippen MR) is 56.2 cm³/mol. The van der Waals surface area contributed by atoms with Crippen LogP contribution in [0.2, 0.25) is 0 Å². The van der Waals surface area contributed by atoms with Gasteiger partial charge in [-0.05, 0) is 30.5 Å². The molecule has 1 radical (unpaired) electrons. The molecule has 1 atom stereocenters. The zero-order valence-corrected chi connectivity index (χ0v) is 8.32. The van der Waals surface area contributed by atoms with Crippen LogP contribution in [0, 0.1) is 6.07 Å². The summed E-state index contributed by atoms with van der Waals surface area (Å²) >= 11 is 0. The van der Waals surface area contributed by atoms with Crippen LogP contribution < -0.4 is 0 Å². The van der Waals surface area contributed by atoms with Crippen molar-refractivity contribution in [1.82, 2.24) is 4.90 Å². The summed E-state index contributed by atoms with van der Waals surface area (Å²) in [7, 11) is 0. The van der Waals surface area contributed by atoms with Crippen LogP contribution in [0.15, 0.2) is 24.3 Å². The van der Waals surface area contributed by atoms with E-state index in [9.17, 15) is 0 Å². The lowest BCUT2D eigenvalue weighted by molar-refractivity contribution is 0.220. The number of β-amino-alcohol motifs (C(OH)–C–C–N with tert-alkyl or cyclic N) is 1. The average Bonchev–Trinajstić information content (AvgIpc) is 2.68. The molecule has 75 valence electrons. The smallest absolute Gasteiger partial charge is 0.0558 e. The molecule has 0 bridgehead atoms. The molecular weight excluding hydrogens is 174 g/mol. The number of likely N-dealkylation sites (tertiary alicyclic amines) is 1. The minimum absolute atomic E-state index is 0.273. The number of hydrogen-bond donors (Lipinski definition) is 1. The summed E-state index contributed by atoms with van der Waals surface area (Å²) in [5.74, 6) is 0.649. The highest BCUT2D eigenvalue weighted by Gasteiger charge is 2.22. The van der Waals surface area contributed by atoms with Crippen molar-refractivity contribution < 1.29 is 5.11 Å². The van der Waals surface area contributed by atoms with Crippen LogP contribution in [-0.4, -0.2) is 36.2 Å². The Kier molecular flexibility index (Phi) is 3.17. The maximum Gasteiger partial charge on any atom is 0.0558 e. The number of nitrogens with zero attached hydrogens (tertiary/aromatic N) is 1. The van der Waals surface area contributed by atoms with Gasteiger partial charge in [-0.1, -0.05) is 24.3 Å². The first kappa shape index (κ1) is 9.69. The molecule has 1 aliphatic heterocycles. The van der Waals surface area contributed by atoms with Gasteiger partial charge in [-0.25, -0.2) is 0 Å². The number of aliphatic hydroxyl groups excluding tert-OH is 1. The maximum absolute atomic E-state index is 8.84. The van der Waals surface area contributed by atoms with Crippen LogP contribution in [0.3, 0.4) is 0 Å². The van der Waals surface area contributed by atoms with Crippen molar-refractivity contribution in [2.24, 2.45) is 0 Å². The molecule has 2 rings (SSSR count). The van der Waals surface area contributed by atoms with Crippen LogP contribution in [0.1, 0.15) is 17.9 Å². The Labute approximate surface area is 85.2 Å². The first-order valence-corrected chi connectivity index (χ1v) is 5.19. The van der Waals surface area contributed by atoms with Gasteiger partial charge >= 0.3 is 0 Å². The van der Waals surface area contributed by atoms with E-state index in [1.807, 2.05) is 12.1 Å². The number of aliphatic hydroxyl groups is 1. The van der Waals surface area contributed by atoms with E-state index in [1.54, 1.807) is 0 Å². The largest absolute Gasteiger partial charge is 0.395 e. The molecule has 1 aromatic rings. The monoisotopic (exact) mass is 190 g/mol. The fourth-order valence-corrected chi connectivity index (χ4v) is 2.12. The molecule has 0 spiro atoms. The Morgan fingerprint density at radius 2 is 2.21 bits per heavy atom. The van der Waals surface area contributed by atoms with Crippen LogP contribution in [-0.2, 0) is 0 Å². The van der Waals surface area contributed by atoms with Gasteiger partial charge in [0.15, 0.2) is 0 Å². The summed E-state index contributed by atoms with van der Waals surface area (Å²) in [5, 5.41) is 8.84. The fourth-order valence-electron chi connectivity index (χ4n) is 2.12. The summed E-state index contributed by atoms with van der Waals surface area (Å²) in [6.45, 7) is 3.29. The molecule has 1 unspecified atom stereocenters. The van der Waals surface area contributed by atoms with Gasteiger partial charge in [0.25, 0.3) is 0 Å². The molecule has 2 nitrogen and oxygen atoms in total. The predicted octanol–water partition coefficient (Wildman–Crippen LogP) is 1.27. The van der Waals surface area contributed by atoms with Crippen LogP contribution in [0.4, 0.5) is 0 Å². The lowest BCUT2D eigenvalue weighted by atomic mass is 9.99. The third kappa shape index (κ3) is 2.14. The van der Waals surface area contributed by atoms with E-state index in [-0.39, 0.29) is 6.61 Å². The van der Waals surface area contributed by atoms with E-state index >= 15 is 0 Å². The van der Waals surface area contributed by atoms with Gasteiger partial charge in [-0.2, -0.15) is 0 Å². The molecule has 0 aliphatic carbocycles. The van der Waals surface area contributed by atoms with Crippen molar-refractivity contribution >= 4 is 0 Å². The van der Waals surface area contributed by atoms with E-state index in [4.69, 9.17) is 5.11 Å². The molecule has 1 aromatic carbocycles. The second kappa shape index (κ2) is 4.58. The minimum Gasteiger partial charge on any atom is -0.395 e. The summed E-state index contributed by atoms with van der Waals surface area (Å²) < 4.78 is 0. The van der Waals surface area contributed by atoms with Gasteiger partial charge in [0, 0.05) is 13.1 Å². The molecule has 1 N–H and O–H groups in total. The van der Waals surface area contributed by atoms with Crippen LogP contribution in [0.5, 0.6) is 0 Å². The fraction of sp³-hybridized carbons (Fsp3) is 0.500. The molecule has 1 saturated heterocycles. The first-order valence-electron chi connectivity index (χ1n) is 5.19. The van der Waals surface area contributed by atoms with E-state index in [1.165, 1.54) is 12.0 Å². The van der Waals surface area contributed by atoms with E-state index in [2.05, 4.69) is 23.1 Å².